The molecule has 0 amide bonds. The molecule has 0 spiro atoms. The molecule has 0 aliphatic carbocycles. The van der Waals surface area contributed by atoms with Gasteiger partial charge in [-0.2, -0.15) is 0 Å². The van der Waals surface area contributed by atoms with Crippen molar-refractivity contribution in [2.75, 3.05) is 4.43 Å². The molecule has 0 aliphatic heterocycles. The predicted octanol–water partition coefficient (Wildman–Crippen LogP) is -0.850. The van der Waals surface area contributed by atoms with Crippen molar-refractivity contribution in [3.05, 3.63) is 0 Å². The molecule has 44 valence electrons. The molecule has 0 heterocycles. The van der Waals surface area contributed by atoms with E-state index >= 15 is 0 Å². The normalized spacial score (nSPS) is 9.43. The third-order valence-corrected chi connectivity index (χ3v) is 1.98. The molecule has 2 heteroatoms. The van der Waals surface area contributed by atoms with Gasteiger partial charge in [-0.05, 0) is 12.8 Å². The maximum Gasteiger partial charge on any atom is 0.530 e. The number of unbranched alkanes of at least 4 members (excludes halogenated alkanes) is 2. The van der Waals surface area contributed by atoms with Gasteiger partial charge in [0.1, 0.15) is 0 Å². The van der Waals surface area contributed by atoms with E-state index in [9.17, 15) is 2.86 Å². The zero-order chi connectivity index (χ0) is 5.54. The van der Waals surface area contributed by atoms with E-state index in [0.29, 0.717) is 0 Å². The first kappa shape index (κ1) is 7.66. The lowest BCUT2D eigenvalue weighted by molar-refractivity contribution is -0.825. The Hall–Kier alpha value is 0.660. The fourth-order valence-electron chi connectivity index (χ4n) is 0.395. The van der Waals surface area contributed by atoms with Crippen LogP contribution in [0.3, 0.4) is 0 Å². The molecule has 0 aromatic carbocycles. The summed E-state index contributed by atoms with van der Waals surface area (Å²) in [5.74, 6) is 0. The number of hydrogen-bond acceptors (Lipinski definition) is 0. The molecule has 0 bridgehead atoms. The van der Waals surface area contributed by atoms with Crippen molar-refractivity contribution >= 4 is 0 Å². The van der Waals surface area contributed by atoms with E-state index in [1.54, 1.807) is 0 Å². The summed E-state index contributed by atoms with van der Waals surface area (Å²) in [6.07, 6.45) is 3.54. The van der Waals surface area contributed by atoms with Gasteiger partial charge in [-0.25, -0.2) is 0 Å². The summed E-state index contributed by atoms with van der Waals surface area (Å²) in [6.45, 7) is 2.14. The third-order valence-electron chi connectivity index (χ3n) is 0.809. The molecule has 0 rings (SSSR count). The summed E-state index contributed by atoms with van der Waals surface area (Å²) in [4.78, 5) is 0. The molecule has 0 aromatic heterocycles. The first-order valence-electron chi connectivity index (χ1n) is 2.62. The maximum atomic E-state index is 11.4. The lowest BCUT2D eigenvalue weighted by atomic mass is 10.3. The predicted molar refractivity (Wildman–Crippen MR) is 25.5 cm³/mol. The average molecular weight is 217 g/mol. The van der Waals surface area contributed by atoms with Gasteiger partial charge in [-0.15, -0.1) is 0 Å². The van der Waals surface area contributed by atoms with Gasteiger partial charge in [0.2, 0.25) is 0 Å². The zero-order valence-electron chi connectivity index (χ0n) is 4.58. The van der Waals surface area contributed by atoms with Crippen LogP contribution in [0.25, 0.3) is 0 Å². The Labute approximate surface area is 55.5 Å². The highest BCUT2D eigenvalue weighted by Crippen LogP contribution is 1.87. The second-order valence-electron chi connectivity index (χ2n) is 1.50. The smallest absolute Gasteiger partial charge is 0.0654 e. The van der Waals surface area contributed by atoms with E-state index in [-0.39, 0.29) is 0 Å². The van der Waals surface area contributed by atoms with Crippen LogP contribution in [0.2, 0.25) is 0 Å². The molecule has 0 aromatic rings. The van der Waals surface area contributed by atoms with Crippen LogP contribution in [0.4, 0.5) is 2.86 Å². The van der Waals surface area contributed by atoms with Crippen LogP contribution in [0, 0.1) is 0 Å². The van der Waals surface area contributed by atoms with E-state index in [2.05, 4.69) is 6.92 Å². The molecular formula is C5H11FI+. The molecule has 0 aliphatic rings. The lowest BCUT2D eigenvalue weighted by Gasteiger charge is -1.81. The van der Waals surface area contributed by atoms with Crippen LogP contribution in [0.5, 0.6) is 0 Å². The molecule has 0 radical (unpaired) electrons. The van der Waals surface area contributed by atoms with Gasteiger partial charge >= 0.3 is 21.8 Å². The highest BCUT2D eigenvalue weighted by Gasteiger charge is 2.00. The first-order chi connectivity index (χ1) is 3.41. The van der Waals surface area contributed by atoms with Crippen molar-refractivity contribution in [2.24, 2.45) is 0 Å². The highest BCUT2D eigenvalue weighted by molar-refractivity contribution is 4.30. The first-order valence-corrected chi connectivity index (χ1v) is 4.96. The van der Waals surface area contributed by atoms with Gasteiger partial charge in [0.05, 0.1) is 2.86 Å². The molecular weight excluding hydrogens is 206 g/mol. The Morgan fingerprint density at radius 1 is 1.43 bits per heavy atom. The lowest BCUT2D eigenvalue weighted by Crippen LogP contribution is -3.57. The van der Waals surface area contributed by atoms with E-state index in [0.717, 1.165) is 10.8 Å². The Morgan fingerprint density at radius 2 is 2.14 bits per heavy atom. The Kier molecular flexibility index (Phi) is 7.29. The second-order valence-corrected chi connectivity index (χ2v) is 3.15. The third kappa shape index (κ3) is 6.66. The largest absolute Gasteiger partial charge is 0.530 e. The maximum absolute atomic E-state index is 11.4. The van der Waals surface area contributed by atoms with Crippen molar-refractivity contribution < 1.29 is 24.6 Å². The Morgan fingerprint density at radius 3 is 2.57 bits per heavy atom. The summed E-state index contributed by atoms with van der Waals surface area (Å²) >= 11 is -0.905. The molecule has 0 unspecified atom stereocenters. The van der Waals surface area contributed by atoms with Crippen molar-refractivity contribution in [3.8, 4) is 0 Å². The van der Waals surface area contributed by atoms with Gasteiger partial charge in [-0.1, -0.05) is 13.3 Å². The minimum absolute atomic E-state index is 0.868. The fourth-order valence-corrected chi connectivity index (χ4v) is 1.22. The van der Waals surface area contributed by atoms with Gasteiger partial charge in [0.15, 0.2) is 4.43 Å². The minimum atomic E-state index is -0.905. The van der Waals surface area contributed by atoms with Crippen LogP contribution >= 0.6 is 0 Å². The summed E-state index contributed by atoms with van der Waals surface area (Å²) in [6, 6.07) is 0. The Bertz CT molecular complexity index is 27.3. The number of hydrogen-bond donors (Lipinski definition) is 0. The summed E-state index contributed by atoms with van der Waals surface area (Å²) in [5, 5.41) is 0. The highest BCUT2D eigenvalue weighted by atomic mass is 127. The number of rotatable bonds is 4. The molecule has 0 nitrogen and oxygen atoms in total. The SMILES string of the molecule is CCCCC[I+]F. The summed E-state index contributed by atoms with van der Waals surface area (Å²) < 4.78 is 12.3. The van der Waals surface area contributed by atoms with Gasteiger partial charge in [0, 0.05) is 0 Å². The van der Waals surface area contributed by atoms with Crippen LogP contribution in [-0.2, 0) is 0 Å². The molecule has 7 heavy (non-hydrogen) atoms. The molecule has 0 atom stereocenters. The number of alkyl halides is 1. The topological polar surface area (TPSA) is 0 Å². The van der Waals surface area contributed by atoms with Crippen molar-refractivity contribution in [1.82, 2.24) is 0 Å². The monoisotopic (exact) mass is 217 g/mol. The second kappa shape index (κ2) is 6.66. The van der Waals surface area contributed by atoms with E-state index < -0.39 is 21.8 Å². The van der Waals surface area contributed by atoms with Crippen LogP contribution < -0.4 is 21.8 Å². The van der Waals surface area contributed by atoms with Crippen LogP contribution in [0.15, 0.2) is 0 Å². The van der Waals surface area contributed by atoms with Crippen molar-refractivity contribution in [1.29, 1.82) is 0 Å². The molecule has 0 fully saturated rings. The number of halogens is 2. The zero-order valence-corrected chi connectivity index (χ0v) is 6.74. The average Bonchev–Trinajstić information content (AvgIpc) is 1.69. The standard InChI is InChI=1S/C5H11FI/c1-2-3-4-5-7-6/h2-5H2,1H3/q+1. The molecule has 0 N–H and O–H groups in total. The van der Waals surface area contributed by atoms with Crippen LogP contribution in [-0.4, -0.2) is 4.43 Å². The van der Waals surface area contributed by atoms with Crippen molar-refractivity contribution in [3.63, 3.8) is 0 Å². The van der Waals surface area contributed by atoms with E-state index in [1.807, 2.05) is 0 Å². The van der Waals surface area contributed by atoms with Gasteiger partial charge in [0.25, 0.3) is 0 Å². The van der Waals surface area contributed by atoms with Crippen LogP contribution in [0.1, 0.15) is 26.2 Å². The summed E-state index contributed by atoms with van der Waals surface area (Å²) in [7, 11) is 0. The minimum Gasteiger partial charge on any atom is -0.0654 e. The molecule has 0 saturated heterocycles. The van der Waals surface area contributed by atoms with Gasteiger partial charge in [-0.3, -0.25) is 0 Å². The molecule has 0 saturated carbocycles. The van der Waals surface area contributed by atoms with Crippen molar-refractivity contribution in [2.45, 2.75) is 26.2 Å². The van der Waals surface area contributed by atoms with E-state index in [4.69, 9.17) is 0 Å². The fraction of sp³-hybridized carbons (Fsp3) is 1.00. The quantitative estimate of drug-likeness (QED) is 0.327. The summed E-state index contributed by atoms with van der Waals surface area (Å²) in [5.41, 5.74) is 0. The Balaban J connectivity index is 2.45. The van der Waals surface area contributed by atoms with E-state index in [1.165, 1.54) is 12.8 Å². The van der Waals surface area contributed by atoms with Gasteiger partial charge < -0.3 is 0 Å².